The van der Waals surface area contributed by atoms with E-state index in [0.29, 0.717) is 0 Å². The third kappa shape index (κ3) is 2.05. The number of aromatic amines is 1. The Kier molecular flexibility index (Phi) is 3.01. The molecule has 0 saturated heterocycles. The molecular weight excluding hydrogens is 250 g/mol. The summed E-state index contributed by atoms with van der Waals surface area (Å²) in [5, 5.41) is 2.87. The number of H-pyrrole nitrogens is 1. The number of nitrogens with one attached hydrogen (secondary N) is 2. The van der Waals surface area contributed by atoms with Crippen LogP contribution in [0.3, 0.4) is 0 Å². The van der Waals surface area contributed by atoms with E-state index in [1.807, 2.05) is 13.8 Å². The first-order chi connectivity index (χ1) is 8.82. The molecule has 0 aromatic carbocycles. The molecule has 0 aliphatic rings. The smallest absolute Gasteiger partial charge is 0.332 e. The lowest BCUT2D eigenvalue weighted by molar-refractivity contribution is 0.703. The van der Waals surface area contributed by atoms with Gasteiger partial charge in [-0.1, -0.05) is 0 Å². The van der Waals surface area contributed by atoms with E-state index in [-0.39, 0.29) is 23.0 Å². The molecule has 0 radical (unpaired) electrons. The molecule has 0 amide bonds. The number of hydrogen-bond donors (Lipinski definition) is 2. The van der Waals surface area contributed by atoms with E-state index in [2.05, 4.69) is 15.3 Å². The third-order valence-electron chi connectivity index (χ3n) is 2.73. The van der Waals surface area contributed by atoms with Crippen molar-refractivity contribution in [2.24, 2.45) is 14.1 Å². The van der Waals surface area contributed by atoms with Crippen LogP contribution in [0.2, 0.25) is 0 Å². The lowest BCUT2D eigenvalue weighted by atomic mass is 10.4. The number of fused-ring (bicyclic) bond motifs is 1. The Bertz CT molecular complexity index is 812. The van der Waals surface area contributed by atoms with Gasteiger partial charge in [-0.2, -0.15) is 0 Å². The lowest BCUT2D eigenvalue weighted by Crippen LogP contribution is -2.39. The Hall–Kier alpha value is -2.38. The minimum atomic E-state index is -0.571. The molecule has 19 heavy (non-hydrogen) atoms. The van der Waals surface area contributed by atoms with Gasteiger partial charge in [0.25, 0.3) is 11.1 Å². The number of hydrogen-bond acceptors (Lipinski definition) is 5. The predicted octanol–water partition coefficient (Wildman–Crippen LogP) is -0.859. The zero-order valence-corrected chi connectivity index (χ0v) is 11.1. The van der Waals surface area contributed by atoms with Crippen LogP contribution in [0.4, 0.5) is 5.82 Å². The zero-order valence-electron chi connectivity index (χ0n) is 11.1. The molecular formula is C11H15N5O3. The first-order valence-electron chi connectivity index (χ1n) is 5.79. The van der Waals surface area contributed by atoms with Gasteiger partial charge in [0.05, 0.1) is 0 Å². The number of anilines is 1. The highest BCUT2D eigenvalue weighted by atomic mass is 16.2. The second-order valence-electron chi connectivity index (χ2n) is 4.62. The van der Waals surface area contributed by atoms with Gasteiger partial charge in [0.1, 0.15) is 0 Å². The van der Waals surface area contributed by atoms with Gasteiger partial charge in [-0.3, -0.25) is 18.7 Å². The Labute approximate surface area is 107 Å². The summed E-state index contributed by atoms with van der Waals surface area (Å²) in [5.74, 6) is 0.0887. The van der Waals surface area contributed by atoms with Crippen molar-refractivity contribution in [3.63, 3.8) is 0 Å². The molecule has 2 N–H and O–H groups in total. The second kappa shape index (κ2) is 4.38. The van der Waals surface area contributed by atoms with E-state index in [4.69, 9.17) is 0 Å². The average Bonchev–Trinajstić information content (AvgIpc) is 2.35. The largest absolute Gasteiger partial charge is 0.363 e. The minimum Gasteiger partial charge on any atom is -0.363 e. The summed E-state index contributed by atoms with van der Waals surface area (Å²) in [5.41, 5.74) is -1.39. The summed E-state index contributed by atoms with van der Waals surface area (Å²) >= 11 is 0. The summed E-state index contributed by atoms with van der Waals surface area (Å²) < 4.78 is 2.15. The summed E-state index contributed by atoms with van der Waals surface area (Å²) in [6, 6.07) is 0.00891. The number of aryl methyl sites for hydroxylation is 1. The van der Waals surface area contributed by atoms with Crippen molar-refractivity contribution >= 4 is 17.0 Å². The molecule has 0 aliphatic heterocycles. The van der Waals surface area contributed by atoms with E-state index in [1.165, 1.54) is 18.7 Å². The molecule has 0 aliphatic carbocycles. The quantitative estimate of drug-likeness (QED) is 0.735. The molecule has 2 heterocycles. The van der Waals surface area contributed by atoms with Crippen molar-refractivity contribution in [1.82, 2.24) is 19.1 Å². The van der Waals surface area contributed by atoms with E-state index in [0.717, 1.165) is 4.57 Å². The summed E-state index contributed by atoms with van der Waals surface area (Å²) in [7, 11) is 2.84. The summed E-state index contributed by atoms with van der Waals surface area (Å²) in [6.07, 6.45) is 0. The van der Waals surface area contributed by atoms with Gasteiger partial charge in [0, 0.05) is 20.1 Å². The maximum absolute atomic E-state index is 11.9. The highest BCUT2D eigenvalue weighted by Gasteiger charge is 2.13. The van der Waals surface area contributed by atoms with Crippen molar-refractivity contribution in [3.05, 3.63) is 31.2 Å². The van der Waals surface area contributed by atoms with Crippen LogP contribution < -0.4 is 22.1 Å². The van der Waals surface area contributed by atoms with E-state index >= 15 is 0 Å². The van der Waals surface area contributed by atoms with Gasteiger partial charge in [-0.25, -0.2) is 9.78 Å². The molecule has 0 spiro atoms. The molecule has 0 unspecified atom stereocenters. The fraction of sp³-hybridized carbons (Fsp3) is 0.455. The monoisotopic (exact) mass is 265 g/mol. The lowest BCUT2D eigenvalue weighted by Gasteiger charge is -2.10. The van der Waals surface area contributed by atoms with Crippen molar-refractivity contribution in [2.45, 2.75) is 19.9 Å². The molecule has 0 saturated carbocycles. The highest BCUT2D eigenvalue weighted by Crippen LogP contribution is 2.03. The van der Waals surface area contributed by atoms with Gasteiger partial charge in [0.2, 0.25) is 0 Å². The summed E-state index contributed by atoms with van der Waals surface area (Å²) in [6.45, 7) is 3.71. The van der Waals surface area contributed by atoms with Gasteiger partial charge < -0.3 is 10.3 Å². The molecule has 102 valence electrons. The fourth-order valence-electron chi connectivity index (χ4n) is 1.77. The van der Waals surface area contributed by atoms with Gasteiger partial charge in [0.15, 0.2) is 17.0 Å². The highest BCUT2D eigenvalue weighted by molar-refractivity contribution is 5.70. The van der Waals surface area contributed by atoms with Crippen molar-refractivity contribution in [2.75, 3.05) is 5.32 Å². The standard InChI is InChI=1S/C11H15N5O3/c1-5(2)12-7-9(17)13-6-8(14-7)15(3)11(19)16(4)10(6)18/h5H,1-4H3,(H,12,14)(H,13,17). The van der Waals surface area contributed by atoms with Crippen LogP contribution >= 0.6 is 0 Å². The van der Waals surface area contributed by atoms with Crippen LogP contribution in [0.15, 0.2) is 14.4 Å². The Balaban J connectivity index is 2.91. The SMILES string of the molecule is CC(C)Nc1nc2c([nH]c1=O)c(=O)n(C)c(=O)n2C. The molecule has 0 atom stereocenters. The number of aromatic nitrogens is 4. The van der Waals surface area contributed by atoms with Gasteiger partial charge >= 0.3 is 5.69 Å². The van der Waals surface area contributed by atoms with Crippen molar-refractivity contribution < 1.29 is 0 Å². The topological polar surface area (TPSA) is 102 Å². The molecule has 2 aromatic heterocycles. The van der Waals surface area contributed by atoms with Crippen LogP contribution in [-0.2, 0) is 14.1 Å². The Morgan fingerprint density at radius 3 is 2.37 bits per heavy atom. The number of nitrogens with zero attached hydrogens (tertiary/aromatic N) is 3. The minimum absolute atomic E-state index is 0.00891. The predicted molar refractivity (Wildman–Crippen MR) is 71.6 cm³/mol. The molecule has 8 heteroatoms. The van der Waals surface area contributed by atoms with E-state index in [1.54, 1.807) is 0 Å². The van der Waals surface area contributed by atoms with E-state index in [9.17, 15) is 14.4 Å². The zero-order chi connectivity index (χ0) is 14.3. The average molecular weight is 265 g/mol. The van der Waals surface area contributed by atoms with Crippen LogP contribution in [0, 0.1) is 0 Å². The molecule has 0 fully saturated rings. The summed E-state index contributed by atoms with van der Waals surface area (Å²) in [4.78, 5) is 42.1. The Morgan fingerprint density at radius 2 is 1.79 bits per heavy atom. The van der Waals surface area contributed by atoms with Crippen LogP contribution in [0.5, 0.6) is 0 Å². The maximum atomic E-state index is 11.9. The van der Waals surface area contributed by atoms with Crippen LogP contribution in [0.25, 0.3) is 11.2 Å². The third-order valence-corrected chi connectivity index (χ3v) is 2.73. The van der Waals surface area contributed by atoms with Crippen LogP contribution in [0.1, 0.15) is 13.8 Å². The molecule has 2 aromatic rings. The number of rotatable bonds is 2. The normalized spacial score (nSPS) is 11.2. The van der Waals surface area contributed by atoms with E-state index < -0.39 is 16.8 Å². The van der Waals surface area contributed by atoms with Crippen LogP contribution in [-0.4, -0.2) is 25.1 Å². The second-order valence-corrected chi connectivity index (χ2v) is 4.62. The van der Waals surface area contributed by atoms with Gasteiger partial charge in [-0.05, 0) is 13.8 Å². The molecule has 8 nitrogen and oxygen atoms in total. The van der Waals surface area contributed by atoms with Gasteiger partial charge in [-0.15, -0.1) is 0 Å². The molecule has 0 bridgehead atoms. The fourth-order valence-corrected chi connectivity index (χ4v) is 1.77. The first kappa shape index (κ1) is 13.1. The Morgan fingerprint density at radius 1 is 1.16 bits per heavy atom. The maximum Gasteiger partial charge on any atom is 0.332 e. The first-order valence-corrected chi connectivity index (χ1v) is 5.79. The van der Waals surface area contributed by atoms with Crippen molar-refractivity contribution in [3.8, 4) is 0 Å². The van der Waals surface area contributed by atoms with Crippen molar-refractivity contribution in [1.29, 1.82) is 0 Å². The molecule has 2 rings (SSSR count).